The van der Waals surface area contributed by atoms with Crippen molar-refractivity contribution in [2.45, 2.75) is 6.43 Å². The van der Waals surface area contributed by atoms with Crippen LogP contribution in [-0.4, -0.2) is 4.92 Å². The summed E-state index contributed by atoms with van der Waals surface area (Å²) in [4.78, 5) is 9.22. The van der Waals surface area contributed by atoms with E-state index >= 15 is 0 Å². The van der Waals surface area contributed by atoms with Crippen LogP contribution in [-0.2, 0) is 0 Å². The topological polar surface area (TPSA) is 43.1 Å². The fraction of sp³-hybridized carbons (Fsp3) is 0.143. The molecule has 0 amide bonds. The Bertz CT molecular complexity index is 341. The van der Waals surface area contributed by atoms with Gasteiger partial charge in [0.15, 0.2) is 0 Å². The van der Waals surface area contributed by atoms with Crippen LogP contribution in [0.1, 0.15) is 12.0 Å². The predicted octanol–water partition coefficient (Wildman–Crippen LogP) is 2.67. The molecule has 0 radical (unpaired) electrons. The molecule has 1 aromatic rings. The van der Waals surface area contributed by atoms with E-state index in [1.165, 1.54) is 0 Å². The van der Waals surface area contributed by atoms with Crippen LogP contribution >= 0.6 is 0 Å². The van der Waals surface area contributed by atoms with E-state index in [4.69, 9.17) is 0 Å². The number of nitro groups is 1. The molecule has 1 aromatic carbocycles. The third kappa shape index (κ3) is 1.95. The zero-order valence-corrected chi connectivity index (χ0v) is 6.21. The normalized spacial score (nSPS) is 10.5. The van der Waals surface area contributed by atoms with E-state index in [0.717, 1.165) is 12.1 Å². The Hall–Kier alpha value is -1.59. The fourth-order valence-corrected chi connectivity index (χ4v) is 0.866. The van der Waals surface area contributed by atoms with Gasteiger partial charge in [-0.05, 0) is 12.1 Å². The highest BCUT2D eigenvalue weighted by Gasteiger charge is 2.21. The van der Waals surface area contributed by atoms with Crippen molar-refractivity contribution in [1.29, 1.82) is 0 Å². The van der Waals surface area contributed by atoms with E-state index in [-0.39, 0.29) is 0 Å². The van der Waals surface area contributed by atoms with Crippen molar-refractivity contribution in [3.63, 3.8) is 0 Å². The van der Waals surface area contributed by atoms with E-state index in [1.54, 1.807) is 0 Å². The third-order valence-corrected chi connectivity index (χ3v) is 1.42. The number of hydrogen-bond acceptors (Lipinski definition) is 2. The Balaban J connectivity index is 3.26. The van der Waals surface area contributed by atoms with Gasteiger partial charge in [0.05, 0.1) is 10.5 Å². The molecule has 0 aliphatic heterocycles. The molecule has 0 fully saturated rings. The van der Waals surface area contributed by atoms with Crippen LogP contribution in [0.2, 0.25) is 0 Å². The average Bonchev–Trinajstić information content (AvgIpc) is 2.03. The standard InChI is InChI=1S/C7H4F3NO2/c8-4-1-2-6(11(12)13)5(3-4)7(9)10/h1-3,7H. The Morgan fingerprint density at radius 1 is 1.38 bits per heavy atom. The van der Waals surface area contributed by atoms with E-state index in [9.17, 15) is 23.3 Å². The molecule has 0 N–H and O–H groups in total. The third-order valence-electron chi connectivity index (χ3n) is 1.42. The molecule has 13 heavy (non-hydrogen) atoms. The van der Waals surface area contributed by atoms with Gasteiger partial charge < -0.3 is 0 Å². The van der Waals surface area contributed by atoms with Gasteiger partial charge in [-0.2, -0.15) is 0 Å². The summed E-state index contributed by atoms with van der Waals surface area (Å²) < 4.78 is 36.6. The Labute approximate surface area is 70.9 Å². The highest BCUT2D eigenvalue weighted by Crippen LogP contribution is 2.28. The molecule has 0 saturated heterocycles. The fourth-order valence-electron chi connectivity index (χ4n) is 0.866. The largest absolute Gasteiger partial charge is 0.278 e. The van der Waals surface area contributed by atoms with Crippen molar-refractivity contribution >= 4 is 5.69 Å². The number of rotatable bonds is 2. The molecule has 0 atom stereocenters. The number of nitro benzene ring substituents is 1. The first kappa shape index (κ1) is 9.50. The first-order valence-electron chi connectivity index (χ1n) is 3.24. The maximum atomic E-state index is 12.4. The summed E-state index contributed by atoms with van der Waals surface area (Å²) in [6.45, 7) is 0. The Morgan fingerprint density at radius 2 is 2.00 bits per heavy atom. The minimum atomic E-state index is -3.05. The molecule has 0 aromatic heterocycles. The lowest BCUT2D eigenvalue weighted by Gasteiger charge is -2.00. The van der Waals surface area contributed by atoms with E-state index < -0.39 is 28.4 Å². The SMILES string of the molecule is O=[N+]([O-])c1ccc(F)cc1C(F)F. The molecule has 0 aliphatic rings. The number of alkyl halides is 2. The second-order valence-electron chi connectivity index (χ2n) is 2.26. The van der Waals surface area contributed by atoms with Crippen LogP contribution in [0, 0.1) is 15.9 Å². The predicted molar refractivity (Wildman–Crippen MR) is 38.0 cm³/mol. The summed E-state index contributed by atoms with van der Waals surface area (Å²) in [5.41, 5.74) is -1.67. The molecule has 0 saturated carbocycles. The number of halogens is 3. The molecule has 0 heterocycles. The lowest BCUT2D eigenvalue weighted by Crippen LogP contribution is -1.96. The zero-order chi connectivity index (χ0) is 10.0. The highest BCUT2D eigenvalue weighted by molar-refractivity contribution is 5.40. The van der Waals surface area contributed by atoms with Crippen LogP contribution in [0.4, 0.5) is 18.9 Å². The van der Waals surface area contributed by atoms with Crippen molar-refractivity contribution in [3.8, 4) is 0 Å². The highest BCUT2D eigenvalue weighted by atomic mass is 19.3. The van der Waals surface area contributed by atoms with Crippen molar-refractivity contribution in [2.75, 3.05) is 0 Å². The van der Waals surface area contributed by atoms with Crippen LogP contribution in [0.5, 0.6) is 0 Å². The van der Waals surface area contributed by atoms with Gasteiger partial charge >= 0.3 is 0 Å². The Morgan fingerprint density at radius 3 is 2.46 bits per heavy atom. The van der Waals surface area contributed by atoms with Crippen LogP contribution in [0.15, 0.2) is 18.2 Å². The molecule has 3 nitrogen and oxygen atoms in total. The maximum Gasteiger partial charge on any atom is 0.278 e. The first-order chi connectivity index (χ1) is 6.02. The van der Waals surface area contributed by atoms with Crippen molar-refractivity contribution in [3.05, 3.63) is 39.7 Å². The quantitative estimate of drug-likeness (QED) is 0.532. The lowest BCUT2D eigenvalue weighted by atomic mass is 10.2. The van der Waals surface area contributed by atoms with Crippen LogP contribution < -0.4 is 0 Å². The average molecular weight is 191 g/mol. The summed E-state index contributed by atoms with van der Waals surface area (Å²) in [6, 6.07) is 1.95. The molecule has 6 heteroatoms. The van der Waals surface area contributed by atoms with Gasteiger partial charge in [0.2, 0.25) is 0 Å². The van der Waals surface area contributed by atoms with Crippen LogP contribution in [0.25, 0.3) is 0 Å². The summed E-state index contributed by atoms with van der Waals surface area (Å²) >= 11 is 0. The second kappa shape index (κ2) is 3.42. The molecule has 0 unspecified atom stereocenters. The van der Waals surface area contributed by atoms with Gasteiger partial charge in [-0.1, -0.05) is 0 Å². The van der Waals surface area contributed by atoms with Gasteiger partial charge in [-0.3, -0.25) is 10.1 Å². The summed E-state index contributed by atoms with van der Waals surface area (Å²) in [5.74, 6) is -0.916. The summed E-state index contributed by atoms with van der Waals surface area (Å²) in [5, 5.41) is 10.2. The van der Waals surface area contributed by atoms with Gasteiger partial charge in [0.1, 0.15) is 5.82 Å². The number of hydrogen-bond donors (Lipinski definition) is 0. The van der Waals surface area contributed by atoms with Gasteiger partial charge in [-0.15, -0.1) is 0 Å². The molecule has 0 aliphatic carbocycles. The minimum Gasteiger partial charge on any atom is -0.258 e. The van der Waals surface area contributed by atoms with Gasteiger partial charge in [0.25, 0.3) is 12.1 Å². The van der Waals surface area contributed by atoms with E-state index in [2.05, 4.69) is 0 Å². The molecule has 0 spiro atoms. The summed E-state index contributed by atoms with van der Waals surface area (Å²) in [6.07, 6.45) is -3.05. The van der Waals surface area contributed by atoms with E-state index in [1.807, 2.05) is 0 Å². The van der Waals surface area contributed by atoms with Gasteiger partial charge in [-0.25, -0.2) is 13.2 Å². The van der Waals surface area contributed by atoms with Crippen molar-refractivity contribution in [2.24, 2.45) is 0 Å². The molecular formula is C7H4F3NO2. The number of benzene rings is 1. The van der Waals surface area contributed by atoms with Crippen LogP contribution in [0.3, 0.4) is 0 Å². The van der Waals surface area contributed by atoms with E-state index in [0.29, 0.717) is 6.07 Å². The Kier molecular flexibility index (Phi) is 2.50. The molecule has 70 valence electrons. The maximum absolute atomic E-state index is 12.4. The molecule has 0 bridgehead atoms. The number of nitrogens with zero attached hydrogens (tertiary/aromatic N) is 1. The first-order valence-corrected chi connectivity index (χ1v) is 3.24. The zero-order valence-electron chi connectivity index (χ0n) is 6.21. The van der Waals surface area contributed by atoms with Crippen molar-refractivity contribution in [1.82, 2.24) is 0 Å². The van der Waals surface area contributed by atoms with Crippen molar-refractivity contribution < 1.29 is 18.1 Å². The van der Waals surface area contributed by atoms with Gasteiger partial charge in [0, 0.05) is 6.07 Å². The monoisotopic (exact) mass is 191 g/mol. The molecule has 1 rings (SSSR count). The second-order valence-corrected chi connectivity index (χ2v) is 2.26. The minimum absolute atomic E-state index is 0.461. The molecular weight excluding hydrogens is 187 g/mol. The lowest BCUT2D eigenvalue weighted by molar-refractivity contribution is -0.386. The smallest absolute Gasteiger partial charge is 0.258 e. The summed E-state index contributed by atoms with van der Waals surface area (Å²) in [7, 11) is 0.